The van der Waals surface area contributed by atoms with Crippen molar-refractivity contribution in [3.8, 4) is 0 Å². The van der Waals surface area contributed by atoms with Crippen molar-refractivity contribution >= 4 is 11.7 Å². The Bertz CT molecular complexity index is 667. The molecule has 1 heterocycles. The van der Waals surface area contributed by atoms with Gasteiger partial charge in [-0.05, 0) is 29.5 Å². The number of aromatic nitrogens is 2. The van der Waals surface area contributed by atoms with Gasteiger partial charge in [0, 0.05) is 6.54 Å². The molecule has 0 spiro atoms. The number of nitrogens with one attached hydrogen (secondary N) is 1. The largest absolute Gasteiger partial charge is 0.358 e. The second-order valence-electron chi connectivity index (χ2n) is 4.46. The third-order valence-corrected chi connectivity index (χ3v) is 2.76. The molecule has 21 heavy (non-hydrogen) atoms. The molecular formula is C13H13FN4O3. The summed E-state index contributed by atoms with van der Waals surface area (Å²) in [5, 5.41) is 17.3. The summed E-state index contributed by atoms with van der Waals surface area (Å²) >= 11 is 0. The first-order valence-electron chi connectivity index (χ1n) is 6.15. The Labute approximate surface area is 119 Å². The summed E-state index contributed by atoms with van der Waals surface area (Å²) < 4.78 is 13.8. The fourth-order valence-electron chi connectivity index (χ4n) is 1.79. The maximum atomic E-state index is 12.7. The molecule has 8 heteroatoms. The first kappa shape index (κ1) is 14.6. The van der Waals surface area contributed by atoms with Crippen LogP contribution in [-0.4, -0.2) is 20.6 Å². The molecule has 1 N–H and O–H groups in total. The zero-order valence-electron chi connectivity index (χ0n) is 11.2. The molecule has 1 amide bonds. The minimum absolute atomic E-state index is 0.215. The minimum atomic E-state index is -0.590. The smallest absolute Gasteiger partial charge is 0.345 e. The monoisotopic (exact) mass is 292 g/mol. The van der Waals surface area contributed by atoms with Crippen molar-refractivity contribution in [3.63, 3.8) is 0 Å². The lowest BCUT2D eigenvalue weighted by atomic mass is 10.2. The van der Waals surface area contributed by atoms with Crippen LogP contribution in [0.4, 0.5) is 10.2 Å². The number of carbonyl (C=O) groups excluding carboxylic acids is 1. The van der Waals surface area contributed by atoms with Gasteiger partial charge in [-0.2, -0.15) is 0 Å². The van der Waals surface area contributed by atoms with Crippen molar-refractivity contribution in [2.24, 2.45) is 0 Å². The van der Waals surface area contributed by atoms with E-state index in [2.05, 4.69) is 10.4 Å². The molecule has 2 rings (SSSR count). The summed E-state index contributed by atoms with van der Waals surface area (Å²) in [7, 11) is 0. The van der Waals surface area contributed by atoms with Crippen LogP contribution in [0.5, 0.6) is 0 Å². The van der Waals surface area contributed by atoms with E-state index in [4.69, 9.17) is 0 Å². The first-order valence-corrected chi connectivity index (χ1v) is 6.15. The van der Waals surface area contributed by atoms with Gasteiger partial charge in [-0.25, -0.2) is 4.39 Å². The van der Waals surface area contributed by atoms with Crippen molar-refractivity contribution in [2.45, 2.75) is 20.0 Å². The number of halogens is 1. The molecule has 1 aromatic heterocycles. The van der Waals surface area contributed by atoms with Crippen LogP contribution in [0.15, 0.2) is 30.3 Å². The normalized spacial score (nSPS) is 10.4. The average molecular weight is 292 g/mol. The van der Waals surface area contributed by atoms with E-state index in [1.165, 1.54) is 18.2 Å². The van der Waals surface area contributed by atoms with Crippen LogP contribution >= 0.6 is 0 Å². The number of aryl methyl sites for hydroxylation is 1. The standard InChI is InChI=1S/C13H13FN4O3/c1-9-6-13(18(20)21)17(16-9)8-12(19)15-7-10-2-4-11(14)5-3-10/h2-6H,7-8H2,1H3,(H,15,19). The van der Waals surface area contributed by atoms with E-state index >= 15 is 0 Å². The molecule has 0 bridgehead atoms. The summed E-state index contributed by atoms with van der Waals surface area (Å²) in [4.78, 5) is 22.0. The Morgan fingerprint density at radius 1 is 1.43 bits per heavy atom. The van der Waals surface area contributed by atoms with Gasteiger partial charge in [-0.1, -0.05) is 17.2 Å². The van der Waals surface area contributed by atoms with Crippen LogP contribution in [0.3, 0.4) is 0 Å². The van der Waals surface area contributed by atoms with E-state index in [0.717, 1.165) is 10.2 Å². The number of nitrogens with zero attached hydrogens (tertiary/aromatic N) is 3. The summed E-state index contributed by atoms with van der Waals surface area (Å²) in [6, 6.07) is 6.99. The molecule has 7 nitrogen and oxygen atoms in total. The van der Waals surface area contributed by atoms with E-state index < -0.39 is 10.8 Å². The Balaban J connectivity index is 1.96. The second kappa shape index (κ2) is 6.12. The second-order valence-corrected chi connectivity index (χ2v) is 4.46. The Morgan fingerprint density at radius 2 is 2.10 bits per heavy atom. The molecule has 0 radical (unpaired) electrons. The molecule has 0 fully saturated rings. The van der Waals surface area contributed by atoms with Crippen molar-refractivity contribution < 1.29 is 14.1 Å². The number of hydrogen-bond donors (Lipinski definition) is 1. The number of benzene rings is 1. The third-order valence-electron chi connectivity index (χ3n) is 2.76. The molecule has 0 atom stereocenters. The van der Waals surface area contributed by atoms with Crippen molar-refractivity contribution in [2.75, 3.05) is 0 Å². The molecule has 0 saturated carbocycles. The third kappa shape index (κ3) is 3.85. The summed E-state index contributed by atoms with van der Waals surface area (Å²) in [5.74, 6) is -0.998. The van der Waals surface area contributed by atoms with Crippen molar-refractivity contribution in [1.29, 1.82) is 0 Å². The Kier molecular flexibility index (Phi) is 4.27. The molecule has 2 aromatic rings. The predicted octanol–water partition coefficient (Wildman–Crippen LogP) is 1.56. The minimum Gasteiger partial charge on any atom is -0.358 e. The molecule has 0 aliphatic rings. The number of rotatable bonds is 5. The highest BCUT2D eigenvalue weighted by molar-refractivity contribution is 5.75. The highest BCUT2D eigenvalue weighted by atomic mass is 19.1. The van der Waals surface area contributed by atoms with E-state index in [1.54, 1.807) is 19.1 Å². The summed E-state index contributed by atoms with van der Waals surface area (Å²) in [5.41, 5.74) is 1.20. The molecule has 0 aliphatic heterocycles. The highest BCUT2D eigenvalue weighted by Crippen LogP contribution is 2.12. The van der Waals surface area contributed by atoms with Gasteiger partial charge in [0.1, 0.15) is 5.82 Å². The lowest BCUT2D eigenvalue weighted by Crippen LogP contribution is -2.28. The fourth-order valence-corrected chi connectivity index (χ4v) is 1.79. The highest BCUT2D eigenvalue weighted by Gasteiger charge is 2.19. The fraction of sp³-hybridized carbons (Fsp3) is 0.231. The van der Waals surface area contributed by atoms with Crippen LogP contribution in [-0.2, 0) is 17.9 Å². The molecular weight excluding hydrogens is 279 g/mol. The van der Waals surface area contributed by atoms with E-state index in [9.17, 15) is 19.3 Å². The quantitative estimate of drug-likeness (QED) is 0.668. The number of amides is 1. The lowest BCUT2D eigenvalue weighted by Gasteiger charge is -2.04. The summed E-state index contributed by atoms with van der Waals surface area (Å²) in [6.07, 6.45) is 0. The Morgan fingerprint density at radius 3 is 2.71 bits per heavy atom. The van der Waals surface area contributed by atoms with Gasteiger partial charge in [0.25, 0.3) is 5.91 Å². The van der Waals surface area contributed by atoms with Crippen LogP contribution in [0.2, 0.25) is 0 Å². The Hall–Kier alpha value is -2.77. The van der Waals surface area contributed by atoms with Gasteiger partial charge in [-0.15, -0.1) is 4.68 Å². The van der Waals surface area contributed by atoms with Gasteiger partial charge in [0.05, 0.1) is 11.8 Å². The zero-order valence-corrected chi connectivity index (χ0v) is 11.2. The van der Waals surface area contributed by atoms with Crippen LogP contribution in [0.25, 0.3) is 0 Å². The average Bonchev–Trinajstić information content (AvgIpc) is 2.79. The number of nitro groups is 1. The van der Waals surface area contributed by atoms with Gasteiger partial charge < -0.3 is 15.4 Å². The van der Waals surface area contributed by atoms with E-state index in [1.807, 2.05) is 0 Å². The number of carbonyl (C=O) groups is 1. The first-order chi connectivity index (χ1) is 9.95. The van der Waals surface area contributed by atoms with E-state index in [0.29, 0.717) is 5.69 Å². The van der Waals surface area contributed by atoms with E-state index in [-0.39, 0.29) is 24.7 Å². The lowest BCUT2D eigenvalue weighted by molar-refractivity contribution is -0.392. The van der Waals surface area contributed by atoms with Gasteiger partial charge >= 0.3 is 5.82 Å². The topological polar surface area (TPSA) is 90.1 Å². The van der Waals surface area contributed by atoms with Crippen molar-refractivity contribution in [3.05, 3.63) is 57.5 Å². The summed E-state index contributed by atoms with van der Waals surface area (Å²) in [6.45, 7) is 1.58. The van der Waals surface area contributed by atoms with Gasteiger partial charge in [0.15, 0.2) is 6.54 Å². The predicted molar refractivity (Wildman–Crippen MR) is 71.9 cm³/mol. The number of hydrogen-bond acceptors (Lipinski definition) is 4. The van der Waals surface area contributed by atoms with Gasteiger partial charge in [0.2, 0.25) is 0 Å². The maximum Gasteiger partial charge on any atom is 0.345 e. The molecule has 1 aromatic carbocycles. The maximum absolute atomic E-state index is 12.7. The van der Waals surface area contributed by atoms with Gasteiger partial charge in [-0.3, -0.25) is 4.79 Å². The van der Waals surface area contributed by atoms with Crippen molar-refractivity contribution in [1.82, 2.24) is 15.1 Å². The molecule has 0 saturated heterocycles. The SMILES string of the molecule is Cc1cc([N+](=O)[O-])n(CC(=O)NCc2ccc(F)cc2)n1. The molecule has 0 unspecified atom stereocenters. The molecule has 110 valence electrons. The molecule has 0 aliphatic carbocycles. The van der Waals surface area contributed by atoms with Crippen LogP contribution < -0.4 is 5.32 Å². The zero-order chi connectivity index (χ0) is 15.4. The van der Waals surface area contributed by atoms with Crippen LogP contribution in [0, 0.1) is 22.9 Å². The van der Waals surface area contributed by atoms with Crippen LogP contribution in [0.1, 0.15) is 11.3 Å².